The number of carbonyl (C=O) groups is 1. The molecule has 1 aromatic carbocycles. The Morgan fingerprint density at radius 2 is 1.93 bits per heavy atom. The molecule has 134 valence electrons. The molecule has 0 fully saturated rings. The van der Waals surface area contributed by atoms with Crippen LogP contribution in [0.5, 0.6) is 0 Å². The average Bonchev–Trinajstić information content (AvgIpc) is 3.41. The fraction of sp³-hybridized carbons (Fsp3) is 0.0952. The second-order valence-corrected chi connectivity index (χ2v) is 6.99. The van der Waals surface area contributed by atoms with Gasteiger partial charge in [-0.2, -0.15) is 11.3 Å². The summed E-state index contributed by atoms with van der Waals surface area (Å²) in [7, 11) is 0. The van der Waals surface area contributed by atoms with Crippen molar-refractivity contribution in [1.82, 2.24) is 19.9 Å². The van der Waals surface area contributed by atoms with E-state index >= 15 is 0 Å². The van der Waals surface area contributed by atoms with E-state index in [1.54, 1.807) is 30.1 Å². The molecule has 6 heteroatoms. The summed E-state index contributed by atoms with van der Waals surface area (Å²) in [4.78, 5) is 20.7. The maximum atomic E-state index is 12.4. The van der Waals surface area contributed by atoms with Crippen LogP contribution >= 0.6 is 11.3 Å². The van der Waals surface area contributed by atoms with Gasteiger partial charge in [0.05, 0.1) is 6.33 Å². The molecule has 0 aliphatic rings. The van der Waals surface area contributed by atoms with E-state index in [1.165, 1.54) is 0 Å². The second-order valence-electron chi connectivity index (χ2n) is 6.21. The quantitative estimate of drug-likeness (QED) is 0.555. The van der Waals surface area contributed by atoms with Gasteiger partial charge in [0, 0.05) is 49.0 Å². The van der Waals surface area contributed by atoms with Crippen LogP contribution in [0.2, 0.25) is 0 Å². The first kappa shape index (κ1) is 17.2. The van der Waals surface area contributed by atoms with Crippen molar-refractivity contribution < 1.29 is 4.79 Å². The number of nitrogens with one attached hydrogen (secondary N) is 1. The first-order valence-corrected chi connectivity index (χ1v) is 9.51. The number of imidazole rings is 1. The molecule has 27 heavy (non-hydrogen) atoms. The van der Waals surface area contributed by atoms with E-state index in [4.69, 9.17) is 0 Å². The van der Waals surface area contributed by atoms with Crippen LogP contribution in [0.1, 0.15) is 21.5 Å². The van der Waals surface area contributed by atoms with Crippen LogP contribution in [0.4, 0.5) is 0 Å². The summed E-state index contributed by atoms with van der Waals surface area (Å²) in [5.74, 6) is -0.0925. The first-order chi connectivity index (χ1) is 13.3. The Hall–Kier alpha value is -3.25. The molecule has 3 aromatic heterocycles. The normalized spacial score (nSPS) is 10.7. The summed E-state index contributed by atoms with van der Waals surface area (Å²) in [6.07, 6.45) is 9.07. The number of thiophene rings is 1. The van der Waals surface area contributed by atoms with Crippen LogP contribution in [0, 0.1) is 0 Å². The van der Waals surface area contributed by atoms with Crippen molar-refractivity contribution in [1.29, 1.82) is 0 Å². The second kappa shape index (κ2) is 7.97. The minimum absolute atomic E-state index is 0.0925. The molecule has 3 heterocycles. The summed E-state index contributed by atoms with van der Waals surface area (Å²) >= 11 is 1.66. The molecule has 1 N–H and O–H groups in total. The lowest BCUT2D eigenvalue weighted by molar-refractivity contribution is 0.0951. The molecule has 1 amide bonds. The van der Waals surface area contributed by atoms with E-state index in [1.807, 2.05) is 46.6 Å². The van der Waals surface area contributed by atoms with E-state index in [9.17, 15) is 4.79 Å². The zero-order valence-corrected chi connectivity index (χ0v) is 15.4. The van der Waals surface area contributed by atoms with Crippen molar-refractivity contribution in [2.24, 2.45) is 0 Å². The number of rotatable bonds is 6. The molecule has 0 unspecified atom stereocenters. The lowest BCUT2D eigenvalue weighted by Crippen LogP contribution is -2.22. The first-order valence-electron chi connectivity index (χ1n) is 8.57. The van der Waals surface area contributed by atoms with Crippen molar-refractivity contribution >= 4 is 17.2 Å². The maximum absolute atomic E-state index is 12.4. The number of amides is 1. The van der Waals surface area contributed by atoms with E-state index < -0.39 is 0 Å². The van der Waals surface area contributed by atoms with Crippen molar-refractivity contribution in [3.63, 3.8) is 0 Å². The molecule has 4 rings (SSSR count). The molecule has 0 aliphatic heterocycles. The van der Waals surface area contributed by atoms with Crippen molar-refractivity contribution in [2.75, 3.05) is 0 Å². The number of hydrogen-bond acceptors (Lipinski definition) is 4. The summed E-state index contributed by atoms with van der Waals surface area (Å²) in [6, 6.07) is 11.8. The molecule has 0 saturated heterocycles. The Balaban J connectivity index is 1.37. The highest BCUT2D eigenvalue weighted by molar-refractivity contribution is 7.08. The Labute approximate surface area is 161 Å². The highest BCUT2D eigenvalue weighted by atomic mass is 32.1. The smallest absolute Gasteiger partial charge is 0.251 e. The lowest BCUT2D eigenvalue weighted by Gasteiger charge is -2.08. The van der Waals surface area contributed by atoms with E-state index in [0.29, 0.717) is 12.1 Å². The Morgan fingerprint density at radius 1 is 1.04 bits per heavy atom. The van der Waals surface area contributed by atoms with Crippen molar-refractivity contribution in [3.8, 4) is 11.1 Å². The molecule has 0 spiro atoms. The summed E-state index contributed by atoms with van der Waals surface area (Å²) in [5.41, 5.74) is 4.95. The Morgan fingerprint density at radius 3 is 2.67 bits per heavy atom. The molecule has 0 bridgehead atoms. The minimum atomic E-state index is -0.0925. The van der Waals surface area contributed by atoms with Crippen LogP contribution in [0.25, 0.3) is 11.1 Å². The van der Waals surface area contributed by atoms with E-state index in [2.05, 4.69) is 32.8 Å². The molecule has 0 atom stereocenters. The van der Waals surface area contributed by atoms with Crippen molar-refractivity contribution in [3.05, 3.63) is 95.0 Å². The number of aromatic nitrogens is 3. The standard InChI is InChI=1S/C21H18N4OS/c26-21(18-3-1-16(2-4-18)13-25-7-6-22-15-25)24-11-17-9-20(12-23-10-17)19-5-8-27-14-19/h1-10,12,14-15H,11,13H2,(H,24,26). The third-order valence-electron chi connectivity index (χ3n) is 4.24. The topological polar surface area (TPSA) is 59.8 Å². The fourth-order valence-electron chi connectivity index (χ4n) is 2.81. The third kappa shape index (κ3) is 4.30. The zero-order chi connectivity index (χ0) is 18.5. The molecular formula is C21H18N4OS. The molecular weight excluding hydrogens is 356 g/mol. The van der Waals surface area contributed by atoms with Gasteiger partial charge in [-0.25, -0.2) is 4.98 Å². The average molecular weight is 374 g/mol. The third-order valence-corrected chi connectivity index (χ3v) is 4.93. The van der Waals surface area contributed by atoms with Gasteiger partial charge in [0.15, 0.2) is 0 Å². The molecule has 0 aliphatic carbocycles. The van der Waals surface area contributed by atoms with E-state index in [-0.39, 0.29) is 5.91 Å². The number of nitrogens with zero attached hydrogens (tertiary/aromatic N) is 3. The van der Waals surface area contributed by atoms with Gasteiger partial charge < -0.3 is 9.88 Å². The summed E-state index contributed by atoms with van der Waals surface area (Å²) in [5, 5.41) is 7.09. The summed E-state index contributed by atoms with van der Waals surface area (Å²) < 4.78 is 1.99. The fourth-order valence-corrected chi connectivity index (χ4v) is 3.47. The number of hydrogen-bond donors (Lipinski definition) is 1. The number of carbonyl (C=O) groups excluding carboxylic acids is 1. The van der Waals surface area contributed by atoms with Gasteiger partial charge in [-0.15, -0.1) is 0 Å². The van der Waals surface area contributed by atoms with Crippen LogP contribution < -0.4 is 5.32 Å². The minimum Gasteiger partial charge on any atom is -0.348 e. The summed E-state index contributed by atoms with van der Waals surface area (Å²) in [6.45, 7) is 1.18. The predicted octanol–water partition coefficient (Wildman–Crippen LogP) is 3.98. The van der Waals surface area contributed by atoms with Gasteiger partial charge in [-0.1, -0.05) is 12.1 Å². The lowest BCUT2D eigenvalue weighted by atomic mass is 10.1. The maximum Gasteiger partial charge on any atom is 0.251 e. The number of benzene rings is 1. The molecule has 0 saturated carbocycles. The molecule has 0 radical (unpaired) electrons. The predicted molar refractivity (Wildman–Crippen MR) is 106 cm³/mol. The SMILES string of the molecule is O=C(NCc1cncc(-c2ccsc2)c1)c1ccc(Cn2ccnc2)cc1. The molecule has 4 aromatic rings. The highest BCUT2D eigenvalue weighted by Crippen LogP contribution is 2.21. The van der Waals surface area contributed by atoms with Gasteiger partial charge in [-0.3, -0.25) is 9.78 Å². The van der Waals surface area contributed by atoms with Crippen LogP contribution in [0.15, 0.2) is 78.3 Å². The van der Waals surface area contributed by atoms with Crippen LogP contribution in [-0.2, 0) is 13.1 Å². The van der Waals surface area contributed by atoms with Gasteiger partial charge in [0.25, 0.3) is 5.91 Å². The highest BCUT2D eigenvalue weighted by Gasteiger charge is 2.07. The largest absolute Gasteiger partial charge is 0.348 e. The van der Waals surface area contributed by atoms with Crippen molar-refractivity contribution in [2.45, 2.75) is 13.1 Å². The Bertz CT molecular complexity index is 1010. The van der Waals surface area contributed by atoms with Crippen LogP contribution in [-0.4, -0.2) is 20.4 Å². The van der Waals surface area contributed by atoms with Gasteiger partial charge >= 0.3 is 0 Å². The van der Waals surface area contributed by atoms with Gasteiger partial charge in [-0.05, 0) is 51.7 Å². The monoisotopic (exact) mass is 374 g/mol. The van der Waals surface area contributed by atoms with Gasteiger partial charge in [0.1, 0.15) is 0 Å². The van der Waals surface area contributed by atoms with Crippen LogP contribution in [0.3, 0.4) is 0 Å². The number of pyridine rings is 1. The molecule has 5 nitrogen and oxygen atoms in total. The van der Waals surface area contributed by atoms with E-state index in [0.717, 1.165) is 28.8 Å². The van der Waals surface area contributed by atoms with Gasteiger partial charge in [0.2, 0.25) is 0 Å². The zero-order valence-electron chi connectivity index (χ0n) is 14.6. The Kier molecular flexibility index (Phi) is 5.07.